The topological polar surface area (TPSA) is 84.0 Å². The van der Waals surface area contributed by atoms with E-state index in [-0.39, 0.29) is 6.04 Å². The molecule has 0 saturated carbocycles. The van der Waals surface area contributed by atoms with Crippen molar-refractivity contribution in [2.45, 2.75) is 13.0 Å². The molecule has 1 aromatic carbocycles. The first-order valence-corrected chi connectivity index (χ1v) is 5.27. The van der Waals surface area contributed by atoms with E-state index in [0.29, 0.717) is 5.96 Å². The summed E-state index contributed by atoms with van der Waals surface area (Å²) in [6, 6.07) is 7.64. The molecule has 17 heavy (non-hydrogen) atoms. The van der Waals surface area contributed by atoms with E-state index in [1.54, 1.807) is 7.11 Å². The van der Waals surface area contributed by atoms with Crippen molar-refractivity contribution in [2.75, 3.05) is 7.11 Å². The van der Waals surface area contributed by atoms with Crippen molar-refractivity contribution in [3.8, 4) is 5.75 Å². The molecule has 0 spiro atoms. The summed E-state index contributed by atoms with van der Waals surface area (Å²) in [6.45, 7) is 1.96. The lowest BCUT2D eigenvalue weighted by atomic mass is 10.0. The van der Waals surface area contributed by atoms with Crippen LogP contribution in [-0.2, 0) is 0 Å². The maximum absolute atomic E-state index is 5.26. The highest BCUT2D eigenvalue weighted by Gasteiger charge is 2.17. The van der Waals surface area contributed by atoms with Gasteiger partial charge in [-0.25, -0.2) is 16.3 Å². The van der Waals surface area contributed by atoms with E-state index in [1.807, 2.05) is 31.2 Å². The van der Waals surface area contributed by atoms with Crippen molar-refractivity contribution in [2.24, 2.45) is 15.9 Å². The van der Waals surface area contributed by atoms with Gasteiger partial charge in [0.15, 0.2) is 0 Å². The van der Waals surface area contributed by atoms with Crippen molar-refractivity contribution in [1.29, 1.82) is 0 Å². The number of rotatable bonds is 2. The van der Waals surface area contributed by atoms with Gasteiger partial charge < -0.3 is 4.74 Å². The minimum atomic E-state index is -0.0457. The lowest BCUT2D eigenvalue weighted by molar-refractivity contribution is 0.415. The van der Waals surface area contributed by atoms with Crippen LogP contribution in [0.4, 0.5) is 0 Å². The molecule has 0 aliphatic carbocycles. The van der Waals surface area contributed by atoms with E-state index >= 15 is 0 Å². The fourth-order valence-corrected chi connectivity index (χ4v) is 1.63. The van der Waals surface area contributed by atoms with Gasteiger partial charge in [-0.15, -0.1) is 0 Å². The van der Waals surface area contributed by atoms with Crippen LogP contribution in [0.25, 0.3) is 0 Å². The number of hydrazine groups is 1. The number of nitrogens with two attached hydrogens (primary N) is 1. The quantitative estimate of drug-likeness (QED) is 0.503. The number of methoxy groups -OCH3 is 1. The Morgan fingerprint density at radius 2 is 2.06 bits per heavy atom. The number of nitrogens with zero attached hydrogens (tertiary/aromatic N) is 2. The molecule has 0 amide bonds. The van der Waals surface area contributed by atoms with Crippen LogP contribution in [0.1, 0.15) is 12.5 Å². The Morgan fingerprint density at radius 3 is 2.59 bits per heavy atom. The van der Waals surface area contributed by atoms with Gasteiger partial charge >= 0.3 is 0 Å². The van der Waals surface area contributed by atoms with Crippen molar-refractivity contribution >= 4 is 11.7 Å². The van der Waals surface area contributed by atoms with Crippen molar-refractivity contribution in [3.05, 3.63) is 29.8 Å². The summed E-state index contributed by atoms with van der Waals surface area (Å²) >= 11 is 0. The molecule has 2 rings (SSSR count). The molecule has 0 fully saturated rings. The van der Waals surface area contributed by atoms with Gasteiger partial charge in [0.2, 0.25) is 5.96 Å². The number of nitrogens with one attached hydrogen (secondary N) is 2. The maximum Gasteiger partial charge on any atom is 0.227 e. The van der Waals surface area contributed by atoms with Gasteiger partial charge in [0, 0.05) is 5.56 Å². The molecule has 1 atom stereocenters. The van der Waals surface area contributed by atoms with E-state index in [9.17, 15) is 0 Å². The Hall–Kier alpha value is -2.08. The van der Waals surface area contributed by atoms with E-state index in [4.69, 9.17) is 10.6 Å². The first-order valence-electron chi connectivity index (χ1n) is 5.27. The second-order valence-electron chi connectivity index (χ2n) is 3.64. The third kappa shape index (κ3) is 2.36. The second-order valence-corrected chi connectivity index (χ2v) is 3.64. The Labute approximate surface area is 99.5 Å². The zero-order valence-electron chi connectivity index (χ0n) is 9.77. The zero-order chi connectivity index (χ0) is 12.3. The summed E-state index contributed by atoms with van der Waals surface area (Å²) in [6.07, 6.45) is 0. The van der Waals surface area contributed by atoms with Gasteiger partial charge in [0.1, 0.15) is 5.75 Å². The minimum absolute atomic E-state index is 0.0457. The first kappa shape index (κ1) is 11.4. The normalized spacial score (nSPS) is 18.9. The van der Waals surface area contributed by atoms with E-state index in [0.717, 1.165) is 17.0 Å². The van der Waals surface area contributed by atoms with Gasteiger partial charge in [0.25, 0.3) is 0 Å². The third-order valence-corrected chi connectivity index (χ3v) is 2.52. The van der Waals surface area contributed by atoms with Crippen molar-refractivity contribution < 1.29 is 4.74 Å². The molecule has 1 aliphatic rings. The summed E-state index contributed by atoms with van der Waals surface area (Å²) in [5.41, 5.74) is 7.06. The summed E-state index contributed by atoms with van der Waals surface area (Å²) in [5.74, 6) is 6.54. The molecule has 1 aromatic rings. The lowest BCUT2D eigenvalue weighted by Crippen LogP contribution is -2.44. The van der Waals surface area contributed by atoms with Gasteiger partial charge in [-0.05, 0) is 31.2 Å². The number of hydrogen-bond donors (Lipinski definition) is 3. The van der Waals surface area contributed by atoms with Crippen LogP contribution in [-0.4, -0.2) is 24.8 Å². The number of guanidine groups is 1. The molecular formula is C11H15N5O. The standard InChI is InChI=1S/C11H15N5O/c1-7-10(15-16-11(13-7)14-12)8-3-5-9(17-2)6-4-8/h3-7H,12H2,1-2H3,(H2,13,14,16). The van der Waals surface area contributed by atoms with Crippen molar-refractivity contribution in [3.63, 3.8) is 0 Å². The molecule has 6 nitrogen and oxygen atoms in total. The lowest BCUT2D eigenvalue weighted by Gasteiger charge is -2.18. The molecule has 1 heterocycles. The number of hydrogen-bond acceptors (Lipinski definition) is 6. The van der Waals surface area contributed by atoms with E-state index in [2.05, 4.69) is 20.9 Å². The van der Waals surface area contributed by atoms with Crippen LogP contribution in [0, 0.1) is 0 Å². The molecule has 0 saturated heterocycles. The van der Waals surface area contributed by atoms with Crippen molar-refractivity contribution in [1.82, 2.24) is 10.9 Å². The average molecular weight is 233 g/mol. The summed E-state index contributed by atoms with van der Waals surface area (Å²) in [7, 11) is 1.64. The molecule has 90 valence electrons. The molecule has 1 unspecified atom stereocenters. The molecule has 4 N–H and O–H groups in total. The number of aliphatic imine (C=N–C) groups is 1. The largest absolute Gasteiger partial charge is 0.497 e. The van der Waals surface area contributed by atoms with Gasteiger partial charge in [-0.2, -0.15) is 5.10 Å². The second kappa shape index (κ2) is 4.84. The van der Waals surface area contributed by atoms with Gasteiger partial charge in [-0.3, -0.25) is 5.43 Å². The molecule has 1 aliphatic heterocycles. The molecule has 6 heteroatoms. The fourth-order valence-electron chi connectivity index (χ4n) is 1.63. The van der Waals surface area contributed by atoms with Crippen LogP contribution in [0.5, 0.6) is 5.75 Å². The molecule has 0 radical (unpaired) electrons. The third-order valence-electron chi connectivity index (χ3n) is 2.52. The highest BCUT2D eigenvalue weighted by atomic mass is 16.5. The Morgan fingerprint density at radius 1 is 1.35 bits per heavy atom. The SMILES string of the molecule is COc1ccc(C2=NNC(NN)=NC2C)cc1. The molecule has 0 bridgehead atoms. The van der Waals surface area contributed by atoms with Crippen LogP contribution in [0.2, 0.25) is 0 Å². The van der Waals surface area contributed by atoms with Crippen LogP contribution in [0.15, 0.2) is 34.4 Å². The highest BCUT2D eigenvalue weighted by molar-refractivity contribution is 6.07. The zero-order valence-corrected chi connectivity index (χ0v) is 9.77. The fraction of sp³-hybridized carbons (Fsp3) is 0.273. The Balaban J connectivity index is 2.20. The average Bonchev–Trinajstić information content (AvgIpc) is 2.39. The molecule has 0 aromatic heterocycles. The monoisotopic (exact) mass is 233 g/mol. The summed E-state index contributed by atoms with van der Waals surface area (Å²) in [5, 5.41) is 4.24. The number of ether oxygens (including phenoxy) is 1. The van der Waals surface area contributed by atoms with Crippen LogP contribution in [0.3, 0.4) is 0 Å². The van der Waals surface area contributed by atoms with Crippen LogP contribution >= 0.6 is 0 Å². The number of hydrazone groups is 1. The maximum atomic E-state index is 5.26. The minimum Gasteiger partial charge on any atom is -0.497 e. The van der Waals surface area contributed by atoms with Gasteiger partial charge in [0.05, 0.1) is 18.9 Å². The van der Waals surface area contributed by atoms with Gasteiger partial charge in [-0.1, -0.05) is 0 Å². The first-order chi connectivity index (χ1) is 8.24. The summed E-state index contributed by atoms with van der Waals surface area (Å²) in [4.78, 5) is 4.31. The van der Waals surface area contributed by atoms with E-state index in [1.165, 1.54) is 0 Å². The highest BCUT2D eigenvalue weighted by Crippen LogP contribution is 2.15. The van der Waals surface area contributed by atoms with E-state index < -0.39 is 0 Å². The Kier molecular flexibility index (Phi) is 3.24. The Bertz CT molecular complexity index is 451. The van der Waals surface area contributed by atoms with Crippen LogP contribution < -0.4 is 21.4 Å². The number of benzene rings is 1. The smallest absolute Gasteiger partial charge is 0.227 e. The predicted molar refractivity (Wildman–Crippen MR) is 66.9 cm³/mol. The molecular weight excluding hydrogens is 218 g/mol. The predicted octanol–water partition coefficient (Wildman–Crippen LogP) is 0.210. The summed E-state index contributed by atoms with van der Waals surface area (Å²) < 4.78 is 5.11.